The van der Waals surface area contributed by atoms with E-state index in [0.29, 0.717) is 17.6 Å². The molecule has 0 spiro atoms. The maximum absolute atomic E-state index is 13.0. The van der Waals surface area contributed by atoms with Crippen molar-refractivity contribution in [1.82, 2.24) is 4.90 Å². The largest absolute Gasteiger partial charge is 0.398 e. The van der Waals surface area contributed by atoms with Gasteiger partial charge < -0.3 is 10.6 Å². The Balaban J connectivity index is 1.78. The van der Waals surface area contributed by atoms with Crippen molar-refractivity contribution in [1.29, 1.82) is 0 Å². The standard InChI is InChI=1S/C18H26N2O/c1-13-6-5-9-16(19)17(13)18(21)20(15-10-11-15)12-14-7-3-2-4-8-14/h5-6,9,14-15H,2-4,7-8,10-12,19H2,1H3. The number of nitrogen functional groups attached to an aromatic ring is 1. The molecular formula is C18H26N2O. The molecule has 2 fully saturated rings. The van der Waals surface area contributed by atoms with Crippen LogP contribution in [0.2, 0.25) is 0 Å². The van der Waals surface area contributed by atoms with Crippen molar-refractivity contribution in [3.63, 3.8) is 0 Å². The molecule has 0 bridgehead atoms. The fourth-order valence-corrected chi connectivity index (χ4v) is 3.56. The van der Waals surface area contributed by atoms with E-state index in [1.807, 2.05) is 25.1 Å². The number of amides is 1. The molecule has 2 aliphatic carbocycles. The molecule has 3 rings (SSSR count). The van der Waals surface area contributed by atoms with Gasteiger partial charge >= 0.3 is 0 Å². The molecule has 1 amide bonds. The van der Waals surface area contributed by atoms with Gasteiger partial charge in [0, 0.05) is 18.3 Å². The normalized spacial score (nSPS) is 19.5. The first-order chi connectivity index (χ1) is 10.2. The van der Waals surface area contributed by atoms with Crippen LogP contribution >= 0.6 is 0 Å². The third-order valence-electron chi connectivity index (χ3n) is 4.95. The quantitative estimate of drug-likeness (QED) is 0.857. The number of hydrogen-bond donors (Lipinski definition) is 1. The number of hydrogen-bond acceptors (Lipinski definition) is 2. The highest BCUT2D eigenvalue weighted by Gasteiger charge is 2.35. The predicted octanol–water partition coefficient (Wildman–Crippen LogP) is 3.76. The van der Waals surface area contributed by atoms with Crippen molar-refractivity contribution >= 4 is 11.6 Å². The Bertz CT molecular complexity index is 496. The molecule has 3 nitrogen and oxygen atoms in total. The lowest BCUT2D eigenvalue weighted by atomic mass is 9.88. The third kappa shape index (κ3) is 3.22. The number of rotatable bonds is 4. The molecule has 0 saturated heterocycles. The molecule has 3 heteroatoms. The van der Waals surface area contributed by atoms with Gasteiger partial charge in [-0.3, -0.25) is 4.79 Å². The Morgan fingerprint density at radius 3 is 2.52 bits per heavy atom. The van der Waals surface area contributed by atoms with Crippen LogP contribution in [0, 0.1) is 12.8 Å². The monoisotopic (exact) mass is 286 g/mol. The van der Waals surface area contributed by atoms with Crippen LogP contribution < -0.4 is 5.73 Å². The fraction of sp³-hybridized carbons (Fsp3) is 0.611. The first-order valence-electron chi connectivity index (χ1n) is 8.33. The molecule has 0 heterocycles. The van der Waals surface area contributed by atoms with E-state index in [1.54, 1.807) is 0 Å². The van der Waals surface area contributed by atoms with Gasteiger partial charge in [0.1, 0.15) is 0 Å². The van der Waals surface area contributed by atoms with Crippen molar-refractivity contribution in [3.8, 4) is 0 Å². The zero-order valence-corrected chi connectivity index (χ0v) is 13.0. The summed E-state index contributed by atoms with van der Waals surface area (Å²) in [7, 11) is 0. The summed E-state index contributed by atoms with van der Waals surface area (Å²) in [4.78, 5) is 15.1. The van der Waals surface area contributed by atoms with Crippen LogP contribution in [-0.2, 0) is 0 Å². The van der Waals surface area contributed by atoms with E-state index >= 15 is 0 Å². The van der Waals surface area contributed by atoms with Gasteiger partial charge in [-0.05, 0) is 50.2 Å². The molecule has 1 aromatic carbocycles. The second-order valence-electron chi connectivity index (χ2n) is 6.73. The van der Waals surface area contributed by atoms with Gasteiger partial charge in [-0.1, -0.05) is 31.4 Å². The fourth-order valence-electron chi connectivity index (χ4n) is 3.56. The Kier molecular flexibility index (Phi) is 4.18. The number of nitrogens with two attached hydrogens (primary N) is 1. The van der Waals surface area contributed by atoms with Gasteiger partial charge in [0.2, 0.25) is 0 Å². The Morgan fingerprint density at radius 1 is 1.19 bits per heavy atom. The van der Waals surface area contributed by atoms with Gasteiger partial charge in [0.05, 0.1) is 5.56 Å². The number of carbonyl (C=O) groups is 1. The zero-order chi connectivity index (χ0) is 14.8. The van der Waals surface area contributed by atoms with E-state index in [4.69, 9.17) is 5.73 Å². The Hall–Kier alpha value is -1.51. The van der Waals surface area contributed by atoms with Gasteiger partial charge in [-0.2, -0.15) is 0 Å². The molecular weight excluding hydrogens is 260 g/mol. The summed E-state index contributed by atoms with van der Waals surface area (Å²) in [6.07, 6.45) is 8.88. The second-order valence-corrected chi connectivity index (χ2v) is 6.73. The number of anilines is 1. The minimum atomic E-state index is 0.152. The maximum atomic E-state index is 13.0. The van der Waals surface area contributed by atoms with Crippen molar-refractivity contribution in [3.05, 3.63) is 29.3 Å². The van der Waals surface area contributed by atoms with Crippen LogP contribution in [0.5, 0.6) is 0 Å². The summed E-state index contributed by atoms with van der Waals surface area (Å²) in [5.41, 5.74) is 8.40. The minimum Gasteiger partial charge on any atom is -0.398 e. The van der Waals surface area contributed by atoms with E-state index in [9.17, 15) is 4.79 Å². The summed E-state index contributed by atoms with van der Waals surface area (Å²) < 4.78 is 0. The van der Waals surface area contributed by atoms with Crippen LogP contribution in [0.15, 0.2) is 18.2 Å². The number of aryl methyl sites for hydroxylation is 1. The average Bonchev–Trinajstić information content (AvgIpc) is 3.30. The molecule has 114 valence electrons. The summed E-state index contributed by atoms with van der Waals surface area (Å²) in [5, 5.41) is 0. The van der Waals surface area contributed by atoms with Crippen molar-refractivity contribution in [2.24, 2.45) is 5.92 Å². The summed E-state index contributed by atoms with van der Waals surface area (Å²) >= 11 is 0. The van der Waals surface area contributed by atoms with Crippen LogP contribution in [-0.4, -0.2) is 23.4 Å². The van der Waals surface area contributed by atoms with E-state index in [0.717, 1.165) is 30.5 Å². The summed E-state index contributed by atoms with van der Waals surface area (Å²) in [5.74, 6) is 0.840. The molecule has 21 heavy (non-hydrogen) atoms. The number of carbonyl (C=O) groups excluding carboxylic acids is 1. The topological polar surface area (TPSA) is 46.3 Å². The van der Waals surface area contributed by atoms with E-state index in [1.165, 1.54) is 32.1 Å². The van der Waals surface area contributed by atoms with Crippen LogP contribution in [0.25, 0.3) is 0 Å². The number of nitrogens with zero attached hydrogens (tertiary/aromatic N) is 1. The molecule has 2 N–H and O–H groups in total. The van der Waals surface area contributed by atoms with Crippen LogP contribution in [0.4, 0.5) is 5.69 Å². The van der Waals surface area contributed by atoms with Gasteiger partial charge in [0.25, 0.3) is 5.91 Å². The molecule has 1 aromatic rings. The van der Waals surface area contributed by atoms with Crippen molar-refractivity contribution in [2.45, 2.75) is 57.9 Å². The van der Waals surface area contributed by atoms with Crippen LogP contribution in [0.1, 0.15) is 60.9 Å². The SMILES string of the molecule is Cc1cccc(N)c1C(=O)N(CC1CCCCC1)C1CC1. The highest BCUT2D eigenvalue weighted by molar-refractivity contribution is 6.00. The molecule has 2 saturated carbocycles. The van der Waals surface area contributed by atoms with Crippen molar-refractivity contribution in [2.75, 3.05) is 12.3 Å². The average molecular weight is 286 g/mol. The van der Waals surface area contributed by atoms with Gasteiger partial charge in [-0.25, -0.2) is 0 Å². The molecule has 0 radical (unpaired) electrons. The number of benzene rings is 1. The Morgan fingerprint density at radius 2 is 1.90 bits per heavy atom. The lowest BCUT2D eigenvalue weighted by Gasteiger charge is -2.30. The first kappa shape index (κ1) is 14.4. The highest BCUT2D eigenvalue weighted by Crippen LogP contribution is 2.33. The summed E-state index contributed by atoms with van der Waals surface area (Å²) in [6, 6.07) is 6.20. The van der Waals surface area contributed by atoms with Crippen LogP contribution in [0.3, 0.4) is 0 Å². The second kappa shape index (κ2) is 6.08. The highest BCUT2D eigenvalue weighted by atomic mass is 16.2. The molecule has 2 aliphatic rings. The first-order valence-corrected chi connectivity index (χ1v) is 8.33. The smallest absolute Gasteiger partial charge is 0.256 e. The van der Waals surface area contributed by atoms with Crippen molar-refractivity contribution < 1.29 is 4.79 Å². The van der Waals surface area contributed by atoms with E-state index in [2.05, 4.69) is 4.90 Å². The lowest BCUT2D eigenvalue weighted by molar-refractivity contribution is 0.0699. The maximum Gasteiger partial charge on any atom is 0.256 e. The van der Waals surface area contributed by atoms with Gasteiger partial charge in [0.15, 0.2) is 0 Å². The molecule has 0 unspecified atom stereocenters. The van der Waals surface area contributed by atoms with Gasteiger partial charge in [-0.15, -0.1) is 0 Å². The predicted molar refractivity (Wildman–Crippen MR) is 86.2 cm³/mol. The summed E-state index contributed by atoms with van der Waals surface area (Å²) in [6.45, 7) is 2.91. The minimum absolute atomic E-state index is 0.152. The zero-order valence-electron chi connectivity index (χ0n) is 13.0. The Labute approximate surface area is 127 Å². The van der Waals surface area contributed by atoms with E-state index < -0.39 is 0 Å². The molecule has 0 aliphatic heterocycles. The third-order valence-corrected chi connectivity index (χ3v) is 4.95. The molecule has 0 atom stereocenters. The molecule has 0 aromatic heterocycles. The lowest BCUT2D eigenvalue weighted by Crippen LogP contribution is -2.38. The van der Waals surface area contributed by atoms with E-state index in [-0.39, 0.29) is 5.91 Å².